The van der Waals surface area contributed by atoms with Gasteiger partial charge < -0.3 is 15.0 Å². The quantitative estimate of drug-likeness (QED) is 0.724. The SMILES string of the molecule is Cc1c(CO)[nH]c2c1C(=O)C(N1CC1)=CC2=O. The number of aromatic nitrogens is 1. The van der Waals surface area contributed by atoms with Crippen LogP contribution in [0.15, 0.2) is 11.8 Å². The summed E-state index contributed by atoms with van der Waals surface area (Å²) in [6, 6.07) is 0. The summed E-state index contributed by atoms with van der Waals surface area (Å²) >= 11 is 0. The number of hydrogen-bond acceptors (Lipinski definition) is 4. The molecule has 5 nitrogen and oxygen atoms in total. The fourth-order valence-electron chi connectivity index (χ4n) is 2.19. The van der Waals surface area contributed by atoms with Gasteiger partial charge in [0.1, 0.15) is 0 Å². The number of allylic oxidation sites excluding steroid dienone is 2. The Balaban J connectivity index is 2.15. The molecule has 1 fully saturated rings. The average molecular weight is 232 g/mol. The van der Waals surface area contributed by atoms with Crippen molar-refractivity contribution in [1.82, 2.24) is 9.88 Å². The smallest absolute Gasteiger partial charge is 0.211 e. The molecule has 1 aliphatic carbocycles. The zero-order chi connectivity index (χ0) is 12.2. The lowest BCUT2D eigenvalue weighted by Gasteiger charge is -2.13. The summed E-state index contributed by atoms with van der Waals surface area (Å²) in [4.78, 5) is 28.8. The highest BCUT2D eigenvalue weighted by atomic mass is 16.3. The van der Waals surface area contributed by atoms with Gasteiger partial charge in [0.05, 0.1) is 23.6 Å². The van der Waals surface area contributed by atoms with Gasteiger partial charge >= 0.3 is 0 Å². The van der Waals surface area contributed by atoms with E-state index in [-0.39, 0.29) is 18.2 Å². The van der Waals surface area contributed by atoms with Crippen LogP contribution in [0.25, 0.3) is 0 Å². The van der Waals surface area contributed by atoms with Gasteiger partial charge in [-0.05, 0) is 12.5 Å². The summed E-state index contributed by atoms with van der Waals surface area (Å²) in [5, 5.41) is 9.15. The number of carbonyl (C=O) groups excluding carboxylic acids is 2. The second-order valence-electron chi connectivity index (χ2n) is 4.35. The maximum Gasteiger partial charge on any atom is 0.211 e. The van der Waals surface area contributed by atoms with E-state index in [1.807, 2.05) is 4.90 Å². The number of aliphatic hydroxyl groups is 1. The van der Waals surface area contributed by atoms with Crippen LogP contribution in [0.1, 0.15) is 32.1 Å². The molecule has 1 aromatic rings. The van der Waals surface area contributed by atoms with E-state index < -0.39 is 0 Å². The van der Waals surface area contributed by atoms with Crippen molar-refractivity contribution in [1.29, 1.82) is 0 Å². The predicted octanol–water partition coefficient (Wildman–Crippen LogP) is 0.394. The fraction of sp³-hybridized carbons (Fsp3) is 0.333. The molecule has 0 saturated carbocycles. The molecular weight excluding hydrogens is 220 g/mol. The lowest BCUT2D eigenvalue weighted by atomic mass is 9.95. The number of hydrogen-bond donors (Lipinski definition) is 2. The Morgan fingerprint density at radius 2 is 2.12 bits per heavy atom. The summed E-state index contributed by atoms with van der Waals surface area (Å²) in [5.41, 5.74) is 2.42. The molecular formula is C12H12N2O3. The van der Waals surface area contributed by atoms with E-state index in [4.69, 9.17) is 5.11 Å². The van der Waals surface area contributed by atoms with Crippen LogP contribution in [0.3, 0.4) is 0 Å². The van der Waals surface area contributed by atoms with Crippen LogP contribution in [0.2, 0.25) is 0 Å². The van der Waals surface area contributed by atoms with Gasteiger partial charge in [-0.3, -0.25) is 9.59 Å². The lowest BCUT2D eigenvalue weighted by Crippen LogP contribution is -2.21. The second kappa shape index (κ2) is 3.30. The molecule has 0 bridgehead atoms. The molecule has 0 unspecified atom stereocenters. The molecule has 0 radical (unpaired) electrons. The van der Waals surface area contributed by atoms with E-state index >= 15 is 0 Å². The zero-order valence-electron chi connectivity index (χ0n) is 9.41. The summed E-state index contributed by atoms with van der Waals surface area (Å²) in [6.45, 7) is 3.21. The number of nitrogens with one attached hydrogen (secondary N) is 1. The maximum absolute atomic E-state index is 12.2. The van der Waals surface area contributed by atoms with Crippen LogP contribution < -0.4 is 0 Å². The van der Waals surface area contributed by atoms with E-state index in [0.717, 1.165) is 13.1 Å². The number of aromatic amines is 1. The Morgan fingerprint density at radius 1 is 1.41 bits per heavy atom. The van der Waals surface area contributed by atoms with E-state index in [0.29, 0.717) is 28.2 Å². The minimum atomic E-state index is -0.196. The molecule has 2 heterocycles. The molecule has 0 amide bonds. The Bertz CT molecular complexity index is 565. The van der Waals surface area contributed by atoms with Crippen molar-refractivity contribution in [3.63, 3.8) is 0 Å². The number of Topliss-reactive ketones (excluding diaryl/α,β-unsaturated/α-hetero) is 1. The Morgan fingerprint density at radius 3 is 2.71 bits per heavy atom. The van der Waals surface area contributed by atoms with Crippen molar-refractivity contribution >= 4 is 11.6 Å². The topological polar surface area (TPSA) is 73.2 Å². The van der Waals surface area contributed by atoms with Crippen molar-refractivity contribution in [3.05, 3.63) is 34.3 Å². The van der Waals surface area contributed by atoms with Crippen LogP contribution in [0.5, 0.6) is 0 Å². The van der Waals surface area contributed by atoms with Crippen LogP contribution in [-0.4, -0.2) is 39.6 Å². The first-order valence-corrected chi connectivity index (χ1v) is 5.51. The molecule has 17 heavy (non-hydrogen) atoms. The molecule has 0 atom stereocenters. The van der Waals surface area contributed by atoms with Crippen molar-refractivity contribution in [3.8, 4) is 0 Å². The highest BCUT2D eigenvalue weighted by Crippen LogP contribution is 2.30. The highest BCUT2D eigenvalue weighted by molar-refractivity contribution is 6.24. The molecule has 2 N–H and O–H groups in total. The Labute approximate surface area is 97.7 Å². The summed E-state index contributed by atoms with van der Waals surface area (Å²) < 4.78 is 0. The molecule has 2 aliphatic rings. The molecule has 1 aromatic heterocycles. The third-order valence-corrected chi connectivity index (χ3v) is 3.27. The normalized spacial score (nSPS) is 18.2. The van der Waals surface area contributed by atoms with Crippen molar-refractivity contribution in [2.24, 2.45) is 0 Å². The third kappa shape index (κ3) is 1.36. The molecule has 0 spiro atoms. The van der Waals surface area contributed by atoms with Crippen molar-refractivity contribution < 1.29 is 14.7 Å². The standard InChI is InChI=1S/C12H12N2O3/c1-6-7(5-15)13-11-9(16)4-8(14-2-3-14)12(17)10(6)11/h4,13,15H,2-3,5H2,1H3. The molecule has 1 aliphatic heterocycles. The van der Waals surface area contributed by atoms with Gasteiger partial charge in [0.2, 0.25) is 11.6 Å². The predicted molar refractivity (Wildman–Crippen MR) is 59.8 cm³/mol. The number of nitrogens with zero attached hydrogens (tertiary/aromatic N) is 1. The third-order valence-electron chi connectivity index (χ3n) is 3.27. The van der Waals surface area contributed by atoms with Gasteiger partial charge in [-0.25, -0.2) is 0 Å². The monoisotopic (exact) mass is 232 g/mol. The largest absolute Gasteiger partial charge is 0.390 e. The molecule has 88 valence electrons. The summed E-state index contributed by atoms with van der Waals surface area (Å²) in [7, 11) is 0. The second-order valence-corrected chi connectivity index (χ2v) is 4.35. The van der Waals surface area contributed by atoms with Gasteiger partial charge in [-0.15, -0.1) is 0 Å². The van der Waals surface area contributed by atoms with Gasteiger partial charge in [0.25, 0.3) is 0 Å². The number of carbonyl (C=O) groups is 2. The van der Waals surface area contributed by atoms with E-state index in [1.165, 1.54) is 6.08 Å². The van der Waals surface area contributed by atoms with E-state index in [1.54, 1.807) is 6.92 Å². The molecule has 1 saturated heterocycles. The number of fused-ring (bicyclic) bond motifs is 1. The minimum Gasteiger partial charge on any atom is -0.390 e. The summed E-state index contributed by atoms with van der Waals surface area (Å²) in [6.07, 6.45) is 1.38. The first kappa shape index (κ1) is 10.3. The van der Waals surface area contributed by atoms with Crippen LogP contribution >= 0.6 is 0 Å². The van der Waals surface area contributed by atoms with Crippen LogP contribution in [-0.2, 0) is 6.61 Å². The molecule has 3 rings (SSSR count). The Kier molecular flexibility index (Phi) is 2.00. The zero-order valence-corrected chi connectivity index (χ0v) is 9.41. The van der Waals surface area contributed by atoms with Gasteiger partial charge in [-0.2, -0.15) is 0 Å². The average Bonchev–Trinajstić information content (AvgIpc) is 3.08. The van der Waals surface area contributed by atoms with Gasteiger partial charge in [0, 0.05) is 24.9 Å². The van der Waals surface area contributed by atoms with Gasteiger partial charge in [-0.1, -0.05) is 0 Å². The maximum atomic E-state index is 12.2. The van der Waals surface area contributed by atoms with Crippen LogP contribution in [0, 0.1) is 6.92 Å². The van der Waals surface area contributed by atoms with Gasteiger partial charge in [0.15, 0.2) is 0 Å². The lowest BCUT2D eigenvalue weighted by molar-refractivity contribution is 0.0968. The minimum absolute atomic E-state index is 0.120. The number of rotatable bonds is 2. The number of aliphatic hydroxyl groups excluding tert-OH is 1. The van der Waals surface area contributed by atoms with E-state index in [9.17, 15) is 9.59 Å². The van der Waals surface area contributed by atoms with Crippen molar-refractivity contribution in [2.45, 2.75) is 13.5 Å². The Hall–Kier alpha value is -1.88. The fourth-order valence-corrected chi connectivity index (χ4v) is 2.19. The van der Waals surface area contributed by atoms with Crippen molar-refractivity contribution in [2.75, 3.05) is 13.1 Å². The first-order chi connectivity index (χ1) is 8.13. The van der Waals surface area contributed by atoms with E-state index in [2.05, 4.69) is 4.98 Å². The number of H-pyrrole nitrogens is 1. The highest BCUT2D eigenvalue weighted by Gasteiger charge is 2.36. The molecule has 5 heteroatoms. The summed E-state index contributed by atoms with van der Waals surface area (Å²) in [5.74, 6) is -0.310. The molecule has 0 aromatic carbocycles. The number of ketones is 2. The first-order valence-electron chi connectivity index (χ1n) is 5.51. The van der Waals surface area contributed by atoms with Crippen LogP contribution in [0.4, 0.5) is 0 Å².